The maximum Gasteiger partial charge on any atom is 0.337 e. The third-order valence-electron chi connectivity index (χ3n) is 5.00. The number of nitrogens with zero attached hydrogens (tertiary/aromatic N) is 1. The van der Waals surface area contributed by atoms with Crippen LogP contribution in [0.4, 0.5) is 5.82 Å². The molecule has 8 nitrogen and oxygen atoms in total. The van der Waals surface area contributed by atoms with Gasteiger partial charge in [-0.2, -0.15) is 0 Å². The number of carbonyl (C=O) groups excluding carboxylic acids is 1. The van der Waals surface area contributed by atoms with Gasteiger partial charge >= 0.3 is 5.97 Å². The summed E-state index contributed by atoms with van der Waals surface area (Å²) < 4.78 is 17.1. The van der Waals surface area contributed by atoms with Crippen LogP contribution in [0.2, 0.25) is 0 Å². The van der Waals surface area contributed by atoms with Crippen LogP contribution in [-0.2, 0) is 4.74 Å². The van der Waals surface area contributed by atoms with Gasteiger partial charge in [-0.05, 0) is 36.8 Å². The molecule has 0 radical (unpaired) electrons. The van der Waals surface area contributed by atoms with Gasteiger partial charge in [-0.25, -0.2) is 9.78 Å². The number of hydrogen-bond donors (Lipinski definition) is 2. The van der Waals surface area contributed by atoms with Gasteiger partial charge in [0.15, 0.2) is 0 Å². The van der Waals surface area contributed by atoms with E-state index in [1.807, 2.05) is 37.3 Å². The molecule has 0 aliphatic heterocycles. The van der Waals surface area contributed by atoms with Crippen LogP contribution in [-0.4, -0.2) is 48.4 Å². The lowest BCUT2D eigenvalue weighted by molar-refractivity contribution is 0.0696. The summed E-state index contributed by atoms with van der Waals surface area (Å²) in [7, 11) is 1.59. The molecule has 0 saturated heterocycles. The average Bonchev–Trinajstić information content (AvgIpc) is 2.83. The lowest BCUT2D eigenvalue weighted by Gasteiger charge is -2.18. The first kappa shape index (κ1) is 24.7. The van der Waals surface area contributed by atoms with Gasteiger partial charge in [0.25, 0.3) is 5.91 Å². The average molecular weight is 465 g/mol. The molecule has 1 amide bonds. The quantitative estimate of drug-likeness (QED) is 0.426. The molecule has 1 aromatic heterocycles. The van der Waals surface area contributed by atoms with Crippen LogP contribution < -0.4 is 14.8 Å². The van der Waals surface area contributed by atoms with Crippen LogP contribution in [0.15, 0.2) is 66.9 Å². The Bertz CT molecular complexity index is 1100. The van der Waals surface area contributed by atoms with Crippen LogP contribution in [0.5, 0.6) is 11.5 Å². The Morgan fingerprint density at radius 3 is 2.35 bits per heavy atom. The smallest absolute Gasteiger partial charge is 0.337 e. The third kappa shape index (κ3) is 7.05. The molecule has 34 heavy (non-hydrogen) atoms. The molecule has 0 unspecified atom stereocenters. The van der Waals surface area contributed by atoms with Crippen LogP contribution >= 0.6 is 0 Å². The molecule has 0 spiro atoms. The first-order valence-electron chi connectivity index (χ1n) is 10.8. The van der Waals surface area contributed by atoms with Gasteiger partial charge in [-0.3, -0.25) is 4.79 Å². The Morgan fingerprint density at radius 1 is 0.971 bits per heavy atom. The highest BCUT2D eigenvalue weighted by Gasteiger charge is 2.15. The summed E-state index contributed by atoms with van der Waals surface area (Å²) in [5, 5.41) is 11.7. The van der Waals surface area contributed by atoms with Gasteiger partial charge < -0.3 is 24.6 Å². The topological polar surface area (TPSA) is 107 Å². The van der Waals surface area contributed by atoms with E-state index in [9.17, 15) is 9.59 Å². The number of rotatable bonds is 11. The van der Waals surface area contributed by atoms with Gasteiger partial charge in [0.1, 0.15) is 23.4 Å². The molecule has 2 N–H and O–H groups in total. The van der Waals surface area contributed by atoms with E-state index >= 15 is 0 Å². The standard InChI is InChI=1S/C26H28N2O6/c1-17(19-7-5-4-6-8-19)15-33-22-11-21(12-23(13-22)34-18(2)16-32-3)25(29)28-24-10-9-20(14-27-24)26(30)31/h4-14,17-18H,15-16H2,1-3H3,(H,30,31)(H,27,28,29)/t17-,18+/m1/s1. The van der Waals surface area contributed by atoms with E-state index in [1.54, 1.807) is 25.3 Å². The number of aromatic nitrogens is 1. The molecule has 3 rings (SSSR count). The minimum Gasteiger partial charge on any atom is -0.493 e. The SMILES string of the molecule is COC[C@H](C)Oc1cc(OC[C@@H](C)c2ccccc2)cc(C(=O)Nc2ccc(C(=O)O)cn2)c1. The number of ether oxygens (including phenoxy) is 3. The van der Waals surface area contributed by atoms with Crippen molar-refractivity contribution in [2.24, 2.45) is 0 Å². The van der Waals surface area contributed by atoms with Crippen molar-refractivity contribution in [2.75, 3.05) is 25.6 Å². The fourth-order valence-corrected chi connectivity index (χ4v) is 3.24. The molecule has 2 atom stereocenters. The second-order valence-corrected chi connectivity index (χ2v) is 7.89. The number of methoxy groups -OCH3 is 1. The molecular formula is C26H28N2O6. The highest BCUT2D eigenvalue weighted by atomic mass is 16.5. The lowest BCUT2D eigenvalue weighted by atomic mass is 10.0. The predicted molar refractivity (Wildman–Crippen MR) is 128 cm³/mol. The number of pyridine rings is 1. The highest BCUT2D eigenvalue weighted by molar-refractivity contribution is 6.04. The number of carboxylic acid groups (broad SMARTS) is 1. The van der Waals surface area contributed by atoms with Crippen molar-refractivity contribution in [2.45, 2.75) is 25.9 Å². The van der Waals surface area contributed by atoms with Gasteiger partial charge in [-0.15, -0.1) is 0 Å². The first-order chi connectivity index (χ1) is 16.4. The molecule has 178 valence electrons. The van der Waals surface area contributed by atoms with E-state index in [0.29, 0.717) is 30.3 Å². The second kappa shape index (κ2) is 11.8. The number of amides is 1. The van der Waals surface area contributed by atoms with Crippen LogP contribution in [0, 0.1) is 0 Å². The van der Waals surface area contributed by atoms with Gasteiger partial charge in [0.2, 0.25) is 0 Å². The molecule has 2 aromatic carbocycles. The molecular weight excluding hydrogens is 436 g/mol. The Labute approximate surface area is 198 Å². The fraction of sp³-hybridized carbons (Fsp3) is 0.269. The second-order valence-electron chi connectivity index (χ2n) is 7.89. The van der Waals surface area contributed by atoms with Crippen molar-refractivity contribution in [1.82, 2.24) is 4.98 Å². The molecule has 0 aliphatic carbocycles. The van der Waals surface area contributed by atoms with E-state index < -0.39 is 11.9 Å². The zero-order valence-corrected chi connectivity index (χ0v) is 19.4. The summed E-state index contributed by atoms with van der Waals surface area (Å²) in [6.45, 7) is 4.73. The normalized spacial score (nSPS) is 12.4. The summed E-state index contributed by atoms with van der Waals surface area (Å²) in [6.07, 6.45) is 0.952. The molecule has 0 bridgehead atoms. The number of nitrogens with one attached hydrogen (secondary N) is 1. The Morgan fingerprint density at radius 2 is 1.71 bits per heavy atom. The number of hydrogen-bond acceptors (Lipinski definition) is 6. The number of carbonyl (C=O) groups is 2. The van der Waals surface area contributed by atoms with Gasteiger partial charge in [-0.1, -0.05) is 37.3 Å². The molecule has 1 heterocycles. The Hall–Kier alpha value is -3.91. The number of aromatic carboxylic acids is 1. The zero-order chi connectivity index (χ0) is 24.5. The molecule has 0 saturated carbocycles. The first-order valence-corrected chi connectivity index (χ1v) is 10.8. The maximum atomic E-state index is 12.9. The largest absolute Gasteiger partial charge is 0.493 e. The van der Waals surface area contributed by atoms with Crippen molar-refractivity contribution >= 4 is 17.7 Å². The van der Waals surface area contributed by atoms with Crippen molar-refractivity contribution in [3.8, 4) is 11.5 Å². The Balaban J connectivity index is 1.78. The number of anilines is 1. The number of benzene rings is 2. The zero-order valence-electron chi connectivity index (χ0n) is 19.4. The molecule has 0 fully saturated rings. The van der Waals surface area contributed by atoms with E-state index in [2.05, 4.69) is 17.2 Å². The summed E-state index contributed by atoms with van der Waals surface area (Å²) in [6, 6.07) is 17.8. The van der Waals surface area contributed by atoms with Crippen molar-refractivity contribution < 1.29 is 28.9 Å². The fourth-order valence-electron chi connectivity index (χ4n) is 3.24. The summed E-state index contributed by atoms with van der Waals surface area (Å²) in [4.78, 5) is 27.9. The van der Waals surface area contributed by atoms with Gasteiger partial charge in [0, 0.05) is 30.9 Å². The number of carboxylic acids is 1. The molecule has 3 aromatic rings. The van der Waals surface area contributed by atoms with E-state index in [1.165, 1.54) is 18.3 Å². The highest BCUT2D eigenvalue weighted by Crippen LogP contribution is 2.26. The monoisotopic (exact) mass is 464 g/mol. The third-order valence-corrected chi connectivity index (χ3v) is 5.00. The van der Waals surface area contributed by atoms with Crippen molar-refractivity contribution in [3.05, 3.63) is 83.6 Å². The molecule has 0 aliphatic rings. The maximum absolute atomic E-state index is 12.9. The van der Waals surface area contributed by atoms with Crippen molar-refractivity contribution in [3.63, 3.8) is 0 Å². The van der Waals surface area contributed by atoms with E-state index in [4.69, 9.17) is 19.3 Å². The van der Waals surface area contributed by atoms with Crippen LogP contribution in [0.3, 0.4) is 0 Å². The van der Waals surface area contributed by atoms with E-state index in [0.717, 1.165) is 5.56 Å². The lowest BCUT2D eigenvalue weighted by Crippen LogP contribution is -2.19. The minimum absolute atomic E-state index is 0.0312. The van der Waals surface area contributed by atoms with E-state index in [-0.39, 0.29) is 23.4 Å². The summed E-state index contributed by atoms with van der Waals surface area (Å²) >= 11 is 0. The molecule has 8 heteroatoms. The summed E-state index contributed by atoms with van der Waals surface area (Å²) in [5.74, 6) is -0.187. The Kier molecular flexibility index (Phi) is 8.59. The predicted octanol–water partition coefficient (Wildman–Crippen LogP) is 4.63. The minimum atomic E-state index is -1.09. The van der Waals surface area contributed by atoms with Crippen molar-refractivity contribution in [1.29, 1.82) is 0 Å². The van der Waals surface area contributed by atoms with Crippen LogP contribution in [0.25, 0.3) is 0 Å². The summed E-state index contributed by atoms with van der Waals surface area (Å²) in [5.41, 5.74) is 1.50. The van der Waals surface area contributed by atoms with Gasteiger partial charge in [0.05, 0.1) is 18.8 Å². The van der Waals surface area contributed by atoms with Crippen LogP contribution in [0.1, 0.15) is 46.0 Å².